The highest BCUT2D eigenvalue weighted by Gasteiger charge is 2.20. The van der Waals surface area contributed by atoms with Crippen molar-refractivity contribution < 1.29 is 14.1 Å². The predicted molar refractivity (Wildman–Crippen MR) is 112 cm³/mol. The molecule has 0 bridgehead atoms. The van der Waals surface area contributed by atoms with Crippen molar-refractivity contribution in [2.45, 2.75) is 13.8 Å². The third-order valence-electron chi connectivity index (χ3n) is 4.46. The quantitative estimate of drug-likeness (QED) is 0.530. The number of pyridine rings is 1. The Hall–Kier alpha value is -3.52. The van der Waals surface area contributed by atoms with Crippen LogP contribution in [0.15, 0.2) is 47.0 Å². The number of anilines is 1. The minimum Gasteiger partial charge on any atom is -0.355 e. The summed E-state index contributed by atoms with van der Waals surface area (Å²) in [6, 6.07) is 12.5. The Kier molecular flexibility index (Phi) is 4.85. The monoisotopic (exact) mass is 406 g/mol. The van der Waals surface area contributed by atoms with E-state index < -0.39 is 0 Å². The van der Waals surface area contributed by atoms with Gasteiger partial charge in [0.15, 0.2) is 0 Å². The van der Waals surface area contributed by atoms with Crippen LogP contribution in [0.25, 0.3) is 21.7 Å². The highest BCUT2D eigenvalue weighted by atomic mass is 32.1. The summed E-state index contributed by atoms with van der Waals surface area (Å²) in [5.41, 5.74) is 2.95. The zero-order valence-corrected chi connectivity index (χ0v) is 16.9. The van der Waals surface area contributed by atoms with Crippen LogP contribution in [0.1, 0.15) is 31.3 Å². The maximum Gasteiger partial charge on any atom is 0.259 e. The molecular weight excluding hydrogens is 388 g/mol. The van der Waals surface area contributed by atoms with Gasteiger partial charge >= 0.3 is 0 Å². The minimum absolute atomic E-state index is 0.224. The molecule has 146 valence electrons. The van der Waals surface area contributed by atoms with Crippen LogP contribution < -0.4 is 10.6 Å². The van der Waals surface area contributed by atoms with Crippen LogP contribution >= 0.6 is 11.3 Å². The van der Waals surface area contributed by atoms with E-state index in [0.717, 1.165) is 9.75 Å². The maximum absolute atomic E-state index is 13.1. The van der Waals surface area contributed by atoms with Crippen LogP contribution in [0.2, 0.25) is 0 Å². The van der Waals surface area contributed by atoms with Gasteiger partial charge in [0.1, 0.15) is 0 Å². The lowest BCUT2D eigenvalue weighted by Crippen LogP contribution is -2.18. The number of fused-ring (bicyclic) bond motifs is 1. The van der Waals surface area contributed by atoms with Gasteiger partial charge in [0.2, 0.25) is 0 Å². The zero-order valence-electron chi connectivity index (χ0n) is 16.1. The minimum atomic E-state index is -0.327. The number of hydrogen-bond donors (Lipinski definition) is 2. The molecule has 8 heteroatoms. The number of thiophene rings is 1. The molecule has 4 aromatic rings. The van der Waals surface area contributed by atoms with E-state index in [1.165, 1.54) is 0 Å². The van der Waals surface area contributed by atoms with Gasteiger partial charge in [-0.05, 0) is 50.2 Å². The van der Waals surface area contributed by atoms with E-state index in [1.807, 2.05) is 19.1 Å². The van der Waals surface area contributed by atoms with Crippen molar-refractivity contribution in [2.24, 2.45) is 0 Å². The molecule has 0 aliphatic rings. The SMILES string of the molecule is CNC(=O)c1cccc(NC(=O)c2cc(-c3ccc(C)s3)nc3onc(C)c23)c1. The largest absolute Gasteiger partial charge is 0.355 e. The summed E-state index contributed by atoms with van der Waals surface area (Å²) in [4.78, 5) is 31.6. The molecule has 0 radical (unpaired) electrons. The van der Waals surface area contributed by atoms with Crippen LogP contribution in [0.5, 0.6) is 0 Å². The zero-order chi connectivity index (χ0) is 20.5. The Balaban J connectivity index is 1.75. The summed E-state index contributed by atoms with van der Waals surface area (Å²) in [5.74, 6) is -0.551. The molecule has 0 atom stereocenters. The van der Waals surface area contributed by atoms with Gasteiger partial charge in [0.25, 0.3) is 17.5 Å². The van der Waals surface area contributed by atoms with Crippen molar-refractivity contribution in [3.8, 4) is 10.6 Å². The number of benzene rings is 1. The number of hydrogen-bond acceptors (Lipinski definition) is 6. The maximum atomic E-state index is 13.1. The Morgan fingerprint density at radius 2 is 1.90 bits per heavy atom. The topological polar surface area (TPSA) is 97.1 Å². The van der Waals surface area contributed by atoms with Gasteiger partial charge in [-0.3, -0.25) is 9.59 Å². The third-order valence-corrected chi connectivity index (χ3v) is 5.49. The van der Waals surface area contributed by atoms with Crippen LogP contribution in [0.3, 0.4) is 0 Å². The second-order valence-electron chi connectivity index (χ2n) is 6.53. The molecule has 7 nitrogen and oxygen atoms in total. The Morgan fingerprint density at radius 3 is 2.62 bits per heavy atom. The van der Waals surface area contributed by atoms with Crippen LogP contribution in [0, 0.1) is 13.8 Å². The van der Waals surface area contributed by atoms with Gasteiger partial charge in [-0.2, -0.15) is 0 Å². The van der Waals surface area contributed by atoms with Crippen molar-refractivity contribution in [2.75, 3.05) is 12.4 Å². The third kappa shape index (κ3) is 3.62. The molecule has 29 heavy (non-hydrogen) atoms. The number of aryl methyl sites for hydroxylation is 2. The first-order valence-electron chi connectivity index (χ1n) is 8.93. The lowest BCUT2D eigenvalue weighted by atomic mass is 10.1. The smallest absolute Gasteiger partial charge is 0.259 e. The molecule has 0 saturated carbocycles. The van der Waals surface area contributed by atoms with Gasteiger partial charge in [-0.1, -0.05) is 11.2 Å². The highest BCUT2D eigenvalue weighted by Crippen LogP contribution is 2.31. The molecule has 0 unspecified atom stereocenters. The van der Waals surface area contributed by atoms with Crippen LogP contribution in [-0.4, -0.2) is 29.0 Å². The first-order chi connectivity index (χ1) is 14.0. The first-order valence-corrected chi connectivity index (χ1v) is 9.75. The van der Waals surface area contributed by atoms with Gasteiger partial charge in [-0.15, -0.1) is 11.3 Å². The molecule has 0 fully saturated rings. The number of carbonyl (C=O) groups is 2. The van der Waals surface area contributed by atoms with Gasteiger partial charge in [0.05, 0.1) is 27.2 Å². The summed E-state index contributed by atoms with van der Waals surface area (Å²) in [6.07, 6.45) is 0. The van der Waals surface area contributed by atoms with Crippen molar-refractivity contribution in [3.05, 3.63) is 64.2 Å². The Morgan fingerprint density at radius 1 is 1.07 bits per heavy atom. The second kappa shape index (κ2) is 7.48. The summed E-state index contributed by atoms with van der Waals surface area (Å²) in [7, 11) is 1.56. The Bertz CT molecular complexity index is 1240. The molecule has 2 amide bonds. The lowest BCUT2D eigenvalue weighted by Gasteiger charge is -2.09. The van der Waals surface area contributed by atoms with Crippen molar-refractivity contribution in [1.82, 2.24) is 15.5 Å². The van der Waals surface area contributed by atoms with E-state index >= 15 is 0 Å². The fourth-order valence-corrected chi connectivity index (χ4v) is 3.88. The number of nitrogens with zero attached hydrogens (tertiary/aromatic N) is 2. The van der Waals surface area contributed by atoms with Crippen LogP contribution in [-0.2, 0) is 0 Å². The van der Waals surface area contributed by atoms with E-state index in [4.69, 9.17) is 4.52 Å². The van der Waals surface area contributed by atoms with E-state index in [2.05, 4.69) is 20.8 Å². The number of carbonyl (C=O) groups excluding carboxylic acids is 2. The summed E-state index contributed by atoms with van der Waals surface area (Å²) < 4.78 is 5.33. The standard InChI is InChI=1S/C21H18N4O3S/c1-11-7-8-17(29-11)16-10-15(18-12(2)25-28-21(18)24-16)20(27)23-14-6-4-5-13(9-14)19(26)22-3/h4-10H,1-3H3,(H,22,26)(H,23,27). The fraction of sp³-hybridized carbons (Fsp3) is 0.143. The van der Waals surface area contributed by atoms with E-state index in [-0.39, 0.29) is 11.8 Å². The average molecular weight is 406 g/mol. The van der Waals surface area contributed by atoms with Gasteiger partial charge in [-0.25, -0.2) is 4.98 Å². The normalized spacial score (nSPS) is 10.9. The Labute approximate surface area is 170 Å². The molecule has 1 aromatic carbocycles. The highest BCUT2D eigenvalue weighted by molar-refractivity contribution is 7.15. The predicted octanol–water partition coefficient (Wildman–Crippen LogP) is 4.18. The first kappa shape index (κ1) is 18.8. The van der Waals surface area contributed by atoms with E-state index in [9.17, 15) is 9.59 Å². The summed E-state index contributed by atoms with van der Waals surface area (Å²) >= 11 is 1.59. The molecular formula is C21H18N4O3S. The van der Waals surface area contributed by atoms with Crippen molar-refractivity contribution in [1.29, 1.82) is 0 Å². The molecule has 3 aromatic heterocycles. The van der Waals surface area contributed by atoms with E-state index in [1.54, 1.807) is 55.6 Å². The molecule has 4 rings (SSSR count). The number of amides is 2. The van der Waals surface area contributed by atoms with Crippen molar-refractivity contribution >= 4 is 39.9 Å². The molecule has 3 heterocycles. The summed E-state index contributed by atoms with van der Waals surface area (Å²) in [5, 5.41) is 9.97. The average Bonchev–Trinajstić information content (AvgIpc) is 3.32. The van der Waals surface area contributed by atoms with Gasteiger partial charge < -0.3 is 15.2 Å². The molecule has 0 saturated heterocycles. The van der Waals surface area contributed by atoms with Gasteiger partial charge in [0, 0.05) is 23.2 Å². The van der Waals surface area contributed by atoms with Crippen molar-refractivity contribution in [3.63, 3.8) is 0 Å². The second-order valence-corrected chi connectivity index (χ2v) is 7.82. The number of nitrogens with one attached hydrogen (secondary N) is 2. The summed E-state index contributed by atoms with van der Waals surface area (Å²) in [6.45, 7) is 3.78. The van der Waals surface area contributed by atoms with E-state index in [0.29, 0.717) is 39.3 Å². The molecule has 0 spiro atoms. The number of rotatable bonds is 4. The van der Waals surface area contributed by atoms with Crippen LogP contribution in [0.4, 0.5) is 5.69 Å². The number of aromatic nitrogens is 2. The molecule has 0 aliphatic carbocycles. The fourth-order valence-electron chi connectivity index (χ4n) is 3.05. The molecule has 0 aliphatic heterocycles. The molecule has 2 N–H and O–H groups in total. The lowest BCUT2D eigenvalue weighted by molar-refractivity contribution is 0.0961.